The van der Waals surface area contributed by atoms with E-state index < -0.39 is 46.6 Å². The Balaban J connectivity index is 1.22. The SMILES string of the molecule is C[C@H]1O[C@@H](O[C@H]2CC[C@]3(C=O)[C@@H]4CC[C@]5(C)[C@@H](C6=CC(=O)OC6)CC[C@]5(O)[C@@H]4CC[C@]3(O)C2)C[C@H](O)[C@@H]1O. The summed E-state index contributed by atoms with van der Waals surface area (Å²) in [5.41, 5.74) is -2.60. The summed E-state index contributed by atoms with van der Waals surface area (Å²) in [5.74, 6) is -0.473. The van der Waals surface area contributed by atoms with Crippen molar-refractivity contribution >= 4 is 12.3 Å². The standard InChI is InChI=1S/C29H42O9/c1-16-25(33)22(31)12-24(37-16)38-18-3-8-27(15-30)20-4-7-26(2)19(17-11-23(32)36-14-17)6-10-29(26,35)21(20)5-9-28(27,34)13-18/h11,15-16,18-22,24-25,31,33-35H,3-10,12-14H2,1-2H3/t16-,18+,19-,20-,21-,22+,24+,25-,26-,27+,28+,29+/m1/s1. The summed E-state index contributed by atoms with van der Waals surface area (Å²) < 4.78 is 17.1. The first-order chi connectivity index (χ1) is 18.0. The Bertz CT molecular complexity index is 1000. The summed E-state index contributed by atoms with van der Waals surface area (Å²) in [6.45, 7) is 4.13. The number of cyclic esters (lactones) is 1. The average Bonchev–Trinajstić information content (AvgIpc) is 3.41. The van der Waals surface area contributed by atoms with Crippen LogP contribution in [0.2, 0.25) is 0 Å². The monoisotopic (exact) mass is 534 g/mol. The third kappa shape index (κ3) is 3.65. The number of hydrogen-bond acceptors (Lipinski definition) is 9. The van der Waals surface area contributed by atoms with Gasteiger partial charge in [0.15, 0.2) is 6.29 Å². The fourth-order valence-corrected chi connectivity index (χ4v) is 9.76. The minimum absolute atomic E-state index is 0.0729. The van der Waals surface area contributed by atoms with Gasteiger partial charge in [-0.3, -0.25) is 0 Å². The largest absolute Gasteiger partial charge is 0.458 e. The maximum atomic E-state index is 12.9. The van der Waals surface area contributed by atoms with Gasteiger partial charge < -0.3 is 39.4 Å². The Kier molecular flexibility index (Phi) is 6.41. The smallest absolute Gasteiger partial charge is 0.331 e. The quantitative estimate of drug-likeness (QED) is 0.241. The predicted molar refractivity (Wildman–Crippen MR) is 133 cm³/mol. The second-order valence-electron chi connectivity index (χ2n) is 13.3. The molecule has 38 heavy (non-hydrogen) atoms. The lowest BCUT2D eigenvalue weighted by Gasteiger charge is -2.65. The van der Waals surface area contributed by atoms with Crippen LogP contribution in [0.25, 0.3) is 0 Å². The lowest BCUT2D eigenvalue weighted by Crippen LogP contribution is -2.69. The van der Waals surface area contributed by atoms with Gasteiger partial charge in [-0.1, -0.05) is 6.92 Å². The molecule has 0 aromatic rings. The topological polar surface area (TPSA) is 143 Å². The molecule has 0 spiro atoms. The molecule has 0 aromatic carbocycles. The van der Waals surface area contributed by atoms with Crippen molar-refractivity contribution in [3.8, 4) is 0 Å². The molecule has 0 radical (unpaired) electrons. The number of aldehydes is 1. The van der Waals surface area contributed by atoms with E-state index in [0.717, 1.165) is 31.1 Å². The summed E-state index contributed by atoms with van der Waals surface area (Å²) in [5, 5.41) is 44.6. The van der Waals surface area contributed by atoms with Gasteiger partial charge >= 0.3 is 5.97 Å². The maximum Gasteiger partial charge on any atom is 0.331 e. The van der Waals surface area contributed by atoms with E-state index >= 15 is 0 Å². The van der Waals surface area contributed by atoms with Gasteiger partial charge in [0, 0.05) is 24.3 Å². The summed E-state index contributed by atoms with van der Waals surface area (Å²) >= 11 is 0. The van der Waals surface area contributed by atoms with Crippen LogP contribution >= 0.6 is 0 Å². The fourth-order valence-electron chi connectivity index (χ4n) is 9.76. The molecule has 4 N–H and O–H groups in total. The van der Waals surface area contributed by atoms with Crippen molar-refractivity contribution in [1.29, 1.82) is 0 Å². The highest BCUT2D eigenvalue weighted by Crippen LogP contribution is 2.70. The van der Waals surface area contributed by atoms with Gasteiger partial charge in [-0.25, -0.2) is 4.79 Å². The number of fused-ring (bicyclic) bond motifs is 5. The molecule has 6 aliphatic rings. The van der Waals surface area contributed by atoms with Gasteiger partial charge in [-0.15, -0.1) is 0 Å². The molecule has 9 heteroatoms. The Morgan fingerprint density at radius 2 is 1.82 bits per heavy atom. The first kappa shape index (κ1) is 26.8. The molecule has 9 nitrogen and oxygen atoms in total. The molecule has 1 saturated heterocycles. The summed E-state index contributed by atoms with van der Waals surface area (Å²) in [6.07, 6.45) is 4.50. The minimum Gasteiger partial charge on any atom is -0.458 e. The van der Waals surface area contributed by atoms with Crippen molar-refractivity contribution in [2.75, 3.05) is 6.61 Å². The molecule has 4 aliphatic carbocycles. The number of ether oxygens (including phenoxy) is 3. The number of rotatable bonds is 4. The van der Waals surface area contributed by atoms with E-state index in [4.69, 9.17) is 14.2 Å². The molecule has 0 amide bonds. The molecular formula is C29H42O9. The average molecular weight is 535 g/mol. The first-order valence-corrected chi connectivity index (χ1v) is 14.4. The third-order valence-electron chi connectivity index (χ3n) is 11.9. The number of aliphatic hydroxyl groups excluding tert-OH is 2. The number of esters is 1. The Morgan fingerprint density at radius 1 is 1.05 bits per heavy atom. The van der Waals surface area contributed by atoms with Crippen molar-refractivity contribution in [3.05, 3.63) is 11.6 Å². The van der Waals surface area contributed by atoms with Crippen molar-refractivity contribution in [3.63, 3.8) is 0 Å². The molecule has 4 saturated carbocycles. The lowest BCUT2D eigenvalue weighted by atomic mass is 9.41. The van der Waals surface area contributed by atoms with Crippen LogP contribution in [0, 0.1) is 28.6 Å². The number of hydrogen-bond donors (Lipinski definition) is 4. The molecule has 0 bridgehead atoms. The fraction of sp³-hybridized carbons (Fsp3) is 0.862. The van der Waals surface area contributed by atoms with Crippen LogP contribution in [0.1, 0.15) is 78.1 Å². The van der Waals surface area contributed by atoms with Crippen LogP contribution in [0.4, 0.5) is 0 Å². The molecule has 2 aliphatic heterocycles. The number of aliphatic hydroxyl groups is 4. The van der Waals surface area contributed by atoms with E-state index in [2.05, 4.69) is 6.92 Å². The van der Waals surface area contributed by atoms with Crippen molar-refractivity contribution in [2.24, 2.45) is 28.6 Å². The zero-order valence-electron chi connectivity index (χ0n) is 22.4. The predicted octanol–water partition coefficient (Wildman–Crippen LogP) is 1.78. The lowest BCUT2D eigenvalue weighted by molar-refractivity contribution is -0.286. The van der Waals surface area contributed by atoms with E-state index in [-0.39, 0.29) is 36.2 Å². The normalized spacial score (nSPS) is 54.4. The molecule has 212 valence electrons. The van der Waals surface area contributed by atoms with Gasteiger partial charge in [-0.2, -0.15) is 0 Å². The third-order valence-corrected chi connectivity index (χ3v) is 11.9. The van der Waals surface area contributed by atoms with Gasteiger partial charge in [0.25, 0.3) is 0 Å². The number of carbonyl (C=O) groups is 2. The van der Waals surface area contributed by atoms with E-state index in [0.29, 0.717) is 45.1 Å². The van der Waals surface area contributed by atoms with Gasteiger partial charge in [0.05, 0.1) is 34.9 Å². The second kappa shape index (κ2) is 9.08. The van der Waals surface area contributed by atoms with E-state index in [1.54, 1.807) is 13.0 Å². The summed E-state index contributed by atoms with van der Waals surface area (Å²) in [6, 6.07) is 0. The van der Waals surface area contributed by atoms with E-state index in [1.807, 2.05) is 0 Å². The molecule has 6 rings (SSSR count). The Morgan fingerprint density at radius 3 is 2.50 bits per heavy atom. The molecule has 0 unspecified atom stereocenters. The van der Waals surface area contributed by atoms with Crippen LogP contribution in [-0.4, -0.2) is 81.2 Å². The van der Waals surface area contributed by atoms with Crippen molar-refractivity contribution in [1.82, 2.24) is 0 Å². The van der Waals surface area contributed by atoms with Crippen LogP contribution in [0.5, 0.6) is 0 Å². The van der Waals surface area contributed by atoms with Crippen molar-refractivity contribution in [2.45, 2.75) is 120 Å². The molecule has 5 fully saturated rings. The first-order valence-electron chi connectivity index (χ1n) is 14.4. The highest BCUT2D eigenvalue weighted by atomic mass is 16.7. The summed E-state index contributed by atoms with van der Waals surface area (Å²) in [4.78, 5) is 24.7. The highest BCUT2D eigenvalue weighted by molar-refractivity contribution is 5.85. The highest BCUT2D eigenvalue weighted by Gasteiger charge is 2.71. The van der Waals surface area contributed by atoms with Crippen LogP contribution in [-0.2, 0) is 23.8 Å². The van der Waals surface area contributed by atoms with Crippen LogP contribution in [0.3, 0.4) is 0 Å². The Labute approximate surface area is 223 Å². The van der Waals surface area contributed by atoms with Gasteiger partial charge in [0.1, 0.15) is 19.0 Å². The van der Waals surface area contributed by atoms with Gasteiger partial charge in [-0.05, 0) is 81.6 Å². The van der Waals surface area contributed by atoms with E-state index in [9.17, 15) is 30.0 Å². The number of carbonyl (C=O) groups excluding carboxylic acids is 2. The van der Waals surface area contributed by atoms with E-state index in [1.165, 1.54) is 0 Å². The van der Waals surface area contributed by atoms with Gasteiger partial charge in [0.2, 0.25) is 0 Å². The van der Waals surface area contributed by atoms with Crippen LogP contribution in [0.15, 0.2) is 11.6 Å². The molecule has 0 aromatic heterocycles. The van der Waals surface area contributed by atoms with Crippen LogP contribution < -0.4 is 0 Å². The Hall–Kier alpha value is -1.36. The van der Waals surface area contributed by atoms with Crippen molar-refractivity contribution < 1.29 is 44.2 Å². The zero-order chi connectivity index (χ0) is 27.1. The second-order valence-corrected chi connectivity index (χ2v) is 13.3. The zero-order valence-corrected chi connectivity index (χ0v) is 22.4. The maximum absolute atomic E-state index is 12.9. The minimum atomic E-state index is -1.24. The molecule has 12 atom stereocenters. The molecule has 2 heterocycles. The summed E-state index contributed by atoms with van der Waals surface area (Å²) in [7, 11) is 0. The molecular weight excluding hydrogens is 492 g/mol.